The minimum Gasteiger partial charge on any atom is -0.487 e. The largest absolute Gasteiger partial charge is 0.487 e. The lowest BCUT2D eigenvalue weighted by Gasteiger charge is -2.10. The first kappa shape index (κ1) is 15.5. The summed E-state index contributed by atoms with van der Waals surface area (Å²) in [5, 5.41) is 4.35. The molecule has 2 rings (SSSR count). The van der Waals surface area contributed by atoms with Crippen molar-refractivity contribution < 1.29 is 4.74 Å². The van der Waals surface area contributed by atoms with Crippen LogP contribution >= 0.6 is 31.9 Å². The Bertz CT molecular complexity index is 611. The summed E-state index contributed by atoms with van der Waals surface area (Å²) in [5.41, 5.74) is 8.75. The molecule has 2 N–H and O–H groups in total. The van der Waals surface area contributed by atoms with Crippen molar-refractivity contribution in [3.8, 4) is 5.75 Å². The second kappa shape index (κ2) is 6.74. The number of halogens is 2. The van der Waals surface area contributed by atoms with Gasteiger partial charge in [-0.3, -0.25) is 4.68 Å². The third kappa shape index (κ3) is 3.42. The molecule has 0 fully saturated rings. The van der Waals surface area contributed by atoms with Crippen molar-refractivity contribution in [2.45, 2.75) is 20.0 Å². The molecule has 0 bridgehead atoms. The van der Waals surface area contributed by atoms with Crippen LogP contribution in [-0.4, -0.2) is 16.3 Å². The fourth-order valence-corrected chi connectivity index (χ4v) is 2.87. The summed E-state index contributed by atoms with van der Waals surface area (Å²) in [4.78, 5) is 0. The second-order valence-electron chi connectivity index (χ2n) is 4.55. The predicted octanol–water partition coefficient (Wildman–Crippen LogP) is 3.33. The molecule has 0 aliphatic heterocycles. The Labute approximate surface area is 135 Å². The molecule has 0 unspecified atom stereocenters. The van der Waals surface area contributed by atoms with Gasteiger partial charge in [-0.2, -0.15) is 5.10 Å². The molecule has 2 aromatic rings. The Hall–Kier alpha value is -0.850. The van der Waals surface area contributed by atoms with Gasteiger partial charge in [-0.1, -0.05) is 15.9 Å². The first-order valence-electron chi connectivity index (χ1n) is 6.32. The molecule has 0 spiro atoms. The summed E-state index contributed by atoms with van der Waals surface area (Å²) in [6.07, 6.45) is 0.826. The van der Waals surface area contributed by atoms with E-state index in [2.05, 4.69) is 37.0 Å². The normalized spacial score (nSPS) is 10.8. The first-order valence-corrected chi connectivity index (χ1v) is 7.90. The van der Waals surface area contributed by atoms with E-state index in [-0.39, 0.29) is 0 Å². The number of aromatic nitrogens is 2. The quantitative estimate of drug-likeness (QED) is 0.834. The fraction of sp³-hybridized carbons (Fsp3) is 0.357. The van der Waals surface area contributed by atoms with Crippen molar-refractivity contribution in [2.75, 3.05) is 6.54 Å². The van der Waals surface area contributed by atoms with Crippen LogP contribution in [-0.2, 0) is 20.1 Å². The highest BCUT2D eigenvalue weighted by Crippen LogP contribution is 2.25. The van der Waals surface area contributed by atoms with Gasteiger partial charge in [-0.25, -0.2) is 0 Å². The van der Waals surface area contributed by atoms with E-state index in [1.54, 1.807) is 0 Å². The van der Waals surface area contributed by atoms with Crippen LogP contribution in [0.5, 0.6) is 5.75 Å². The van der Waals surface area contributed by atoms with Crippen LogP contribution in [0.4, 0.5) is 0 Å². The van der Waals surface area contributed by atoms with Crippen molar-refractivity contribution >= 4 is 31.9 Å². The summed E-state index contributed by atoms with van der Waals surface area (Å²) >= 11 is 7.06. The van der Waals surface area contributed by atoms with E-state index in [9.17, 15) is 0 Å². The number of nitrogens with zero attached hydrogens (tertiary/aromatic N) is 2. The molecule has 0 aliphatic rings. The van der Waals surface area contributed by atoms with Gasteiger partial charge in [0, 0.05) is 11.5 Å². The zero-order valence-corrected chi connectivity index (χ0v) is 14.7. The van der Waals surface area contributed by atoms with Crippen LogP contribution in [0.15, 0.2) is 27.1 Å². The highest BCUT2D eigenvalue weighted by molar-refractivity contribution is 9.10. The highest BCUT2D eigenvalue weighted by Gasteiger charge is 2.11. The maximum absolute atomic E-state index is 5.86. The van der Waals surface area contributed by atoms with Gasteiger partial charge in [0.05, 0.1) is 15.9 Å². The van der Waals surface area contributed by atoms with Crippen molar-refractivity contribution in [3.63, 3.8) is 0 Å². The van der Waals surface area contributed by atoms with Crippen LogP contribution in [0, 0.1) is 6.92 Å². The van der Waals surface area contributed by atoms with Crippen LogP contribution in [0.3, 0.4) is 0 Å². The first-order chi connectivity index (χ1) is 9.52. The number of hydrogen-bond acceptors (Lipinski definition) is 3. The smallest absolute Gasteiger partial charge is 0.131 e. The zero-order valence-electron chi connectivity index (χ0n) is 11.5. The number of benzene rings is 1. The lowest BCUT2D eigenvalue weighted by molar-refractivity contribution is 0.294. The Morgan fingerprint density at radius 1 is 1.35 bits per heavy atom. The summed E-state index contributed by atoms with van der Waals surface area (Å²) < 4.78 is 9.75. The van der Waals surface area contributed by atoms with Crippen LogP contribution in [0.1, 0.15) is 17.0 Å². The molecule has 0 aliphatic carbocycles. The monoisotopic (exact) mass is 401 g/mol. The van der Waals surface area contributed by atoms with Gasteiger partial charge in [0.1, 0.15) is 12.4 Å². The third-order valence-corrected chi connectivity index (χ3v) is 4.87. The van der Waals surface area contributed by atoms with E-state index >= 15 is 0 Å². The lowest BCUT2D eigenvalue weighted by Crippen LogP contribution is -2.05. The van der Waals surface area contributed by atoms with Gasteiger partial charge in [-0.15, -0.1) is 0 Å². The number of hydrogen-bond donors (Lipinski definition) is 1. The lowest BCUT2D eigenvalue weighted by atomic mass is 10.1. The maximum atomic E-state index is 5.86. The van der Waals surface area contributed by atoms with Crippen molar-refractivity contribution in [3.05, 3.63) is 44.1 Å². The molecule has 0 saturated carbocycles. The highest BCUT2D eigenvalue weighted by atomic mass is 79.9. The average Bonchev–Trinajstić information content (AvgIpc) is 2.65. The van der Waals surface area contributed by atoms with Gasteiger partial charge in [0.25, 0.3) is 0 Å². The third-order valence-electron chi connectivity index (χ3n) is 3.07. The summed E-state index contributed by atoms with van der Waals surface area (Å²) in [6, 6.07) is 5.96. The number of aryl methyl sites for hydroxylation is 2. The predicted molar refractivity (Wildman–Crippen MR) is 86.9 cm³/mol. The molecule has 1 aromatic carbocycles. The van der Waals surface area contributed by atoms with Crippen molar-refractivity contribution in [1.29, 1.82) is 0 Å². The molecule has 4 nitrogen and oxygen atoms in total. The number of nitrogens with two attached hydrogens (primary N) is 1. The fourth-order valence-electron chi connectivity index (χ4n) is 1.98. The van der Waals surface area contributed by atoms with E-state index in [4.69, 9.17) is 10.5 Å². The molecule has 0 amide bonds. The number of ether oxygens (including phenoxy) is 1. The summed E-state index contributed by atoms with van der Waals surface area (Å²) in [7, 11) is 1.91. The summed E-state index contributed by atoms with van der Waals surface area (Å²) in [6.45, 7) is 3.06. The Kier molecular flexibility index (Phi) is 5.23. The van der Waals surface area contributed by atoms with Gasteiger partial charge < -0.3 is 10.5 Å². The van der Waals surface area contributed by atoms with E-state index in [1.165, 1.54) is 0 Å². The van der Waals surface area contributed by atoms with Crippen LogP contribution < -0.4 is 10.5 Å². The Morgan fingerprint density at radius 3 is 2.70 bits per heavy atom. The molecule has 20 heavy (non-hydrogen) atoms. The molecule has 0 saturated heterocycles. The zero-order chi connectivity index (χ0) is 14.7. The van der Waals surface area contributed by atoms with E-state index in [0.717, 1.165) is 38.1 Å². The molecule has 108 valence electrons. The SMILES string of the molecule is Cc1nn(C)c(COc2ccc(Br)c(CCN)c2)c1Br. The van der Waals surface area contributed by atoms with Crippen molar-refractivity contribution in [1.82, 2.24) is 9.78 Å². The minimum absolute atomic E-state index is 0.474. The van der Waals surface area contributed by atoms with Crippen molar-refractivity contribution in [2.24, 2.45) is 12.8 Å². The van der Waals surface area contributed by atoms with Crippen LogP contribution in [0.25, 0.3) is 0 Å². The van der Waals surface area contributed by atoms with Gasteiger partial charge in [0.2, 0.25) is 0 Å². The maximum Gasteiger partial charge on any atom is 0.131 e. The molecular formula is C14H17Br2N3O. The minimum atomic E-state index is 0.474. The molecule has 1 aromatic heterocycles. The van der Waals surface area contributed by atoms with E-state index in [1.807, 2.05) is 36.9 Å². The van der Waals surface area contributed by atoms with E-state index in [0.29, 0.717) is 13.2 Å². The topological polar surface area (TPSA) is 53.1 Å². The molecular weight excluding hydrogens is 386 g/mol. The standard InChI is InChI=1S/C14H17Br2N3O/c1-9-14(16)13(19(2)18-9)8-20-11-3-4-12(15)10(7-11)5-6-17/h3-4,7H,5-6,8,17H2,1-2H3. The average molecular weight is 403 g/mol. The van der Waals surface area contributed by atoms with Gasteiger partial charge >= 0.3 is 0 Å². The van der Waals surface area contributed by atoms with Gasteiger partial charge in [-0.05, 0) is 59.6 Å². The Balaban J connectivity index is 2.13. The van der Waals surface area contributed by atoms with E-state index < -0.39 is 0 Å². The molecule has 1 heterocycles. The summed E-state index contributed by atoms with van der Waals surface area (Å²) in [5.74, 6) is 0.836. The molecule has 0 atom stereocenters. The second-order valence-corrected chi connectivity index (χ2v) is 6.20. The van der Waals surface area contributed by atoms with Gasteiger partial charge in [0.15, 0.2) is 0 Å². The Morgan fingerprint density at radius 2 is 2.10 bits per heavy atom. The molecule has 0 radical (unpaired) electrons. The molecule has 6 heteroatoms. The van der Waals surface area contributed by atoms with Crippen LogP contribution in [0.2, 0.25) is 0 Å². The number of rotatable bonds is 5.